The van der Waals surface area contributed by atoms with Crippen molar-refractivity contribution in [3.05, 3.63) is 35.5 Å². The molecule has 20 heavy (non-hydrogen) atoms. The van der Waals surface area contributed by atoms with Crippen LogP contribution in [0.2, 0.25) is 0 Å². The first-order valence-electron chi connectivity index (χ1n) is 6.04. The predicted octanol–water partition coefficient (Wildman–Crippen LogP) is 2.82. The lowest BCUT2D eigenvalue weighted by Gasteiger charge is -2.14. The number of aryl methyl sites for hydroxylation is 1. The first kappa shape index (κ1) is 14.0. The number of methoxy groups -OCH3 is 1. The lowest BCUT2D eigenvalue weighted by atomic mass is 10.00. The van der Waals surface area contributed by atoms with Crippen molar-refractivity contribution in [2.24, 2.45) is 7.05 Å². The Morgan fingerprint density at radius 2 is 2.20 bits per heavy atom. The molecule has 1 atom stereocenters. The molecule has 6 heteroatoms. The Hall–Kier alpha value is -2.37. The standard InChI is InChI=1S/C14H15FN2O3/c1-8(15)13-9(5-4-6-12(13)20-3)11-7-10(14(18)19)16-17(11)2/h4-8H,1-3H3,(H,18,19). The fraction of sp³-hybridized carbons (Fsp3) is 0.286. The van der Waals surface area contributed by atoms with Crippen molar-refractivity contribution in [3.63, 3.8) is 0 Å². The van der Waals surface area contributed by atoms with Gasteiger partial charge in [-0.25, -0.2) is 9.18 Å². The van der Waals surface area contributed by atoms with E-state index in [-0.39, 0.29) is 5.69 Å². The molecule has 0 fully saturated rings. The largest absolute Gasteiger partial charge is 0.496 e. The molecule has 0 saturated heterocycles. The van der Waals surface area contributed by atoms with Crippen LogP contribution in [0.15, 0.2) is 24.3 Å². The van der Waals surface area contributed by atoms with Crippen molar-refractivity contribution in [2.75, 3.05) is 7.11 Å². The van der Waals surface area contributed by atoms with Crippen molar-refractivity contribution < 1.29 is 19.0 Å². The number of hydrogen-bond acceptors (Lipinski definition) is 3. The summed E-state index contributed by atoms with van der Waals surface area (Å²) in [7, 11) is 3.09. The van der Waals surface area contributed by atoms with Crippen LogP contribution in [0.4, 0.5) is 4.39 Å². The van der Waals surface area contributed by atoms with Crippen LogP contribution in [0.3, 0.4) is 0 Å². The molecule has 2 aromatic rings. The Labute approximate surface area is 115 Å². The van der Waals surface area contributed by atoms with Gasteiger partial charge in [0.05, 0.1) is 12.8 Å². The molecule has 2 rings (SSSR count). The van der Waals surface area contributed by atoms with Gasteiger partial charge in [0.15, 0.2) is 5.69 Å². The Morgan fingerprint density at radius 1 is 1.50 bits per heavy atom. The van der Waals surface area contributed by atoms with Crippen LogP contribution in [0.5, 0.6) is 5.75 Å². The smallest absolute Gasteiger partial charge is 0.356 e. The number of hydrogen-bond donors (Lipinski definition) is 1. The molecule has 1 heterocycles. The SMILES string of the molecule is COc1cccc(-c2cc(C(=O)O)nn2C)c1C(C)F. The molecule has 1 aromatic carbocycles. The lowest BCUT2D eigenvalue weighted by Crippen LogP contribution is -2.01. The lowest BCUT2D eigenvalue weighted by molar-refractivity contribution is 0.0689. The highest BCUT2D eigenvalue weighted by Crippen LogP contribution is 2.36. The van der Waals surface area contributed by atoms with Gasteiger partial charge in [-0.2, -0.15) is 5.10 Å². The number of aromatic carboxylic acids is 1. The molecule has 0 spiro atoms. The molecule has 1 aromatic heterocycles. The zero-order chi connectivity index (χ0) is 14.9. The van der Waals surface area contributed by atoms with Crippen molar-refractivity contribution in [1.29, 1.82) is 0 Å². The van der Waals surface area contributed by atoms with Gasteiger partial charge in [-0.05, 0) is 19.1 Å². The third kappa shape index (κ3) is 2.36. The molecule has 0 amide bonds. The van der Waals surface area contributed by atoms with E-state index in [2.05, 4.69) is 5.10 Å². The average molecular weight is 278 g/mol. The summed E-state index contributed by atoms with van der Waals surface area (Å²) in [5.74, 6) is -0.694. The number of ether oxygens (including phenoxy) is 1. The summed E-state index contributed by atoms with van der Waals surface area (Å²) in [6.07, 6.45) is -1.25. The van der Waals surface area contributed by atoms with E-state index in [0.29, 0.717) is 22.6 Å². The summed E-state index contributed by atoms with van der Waals surface area (Å²) >= 11 is 0. The maximum atomic E-state index is 13.9. The highest BCUT2D eigenvalue weighted by Gasteiger charge is 2.20. The molecule has 0 bridgehead atoms. The number of benzene rings is 1. The number of alkyl halides is 1. The second-order valence-electron chi connectivity index (χ2n) is 4.38. The number of carboxylic acid groups (broad SMARTS) is 1. The van der Waals surface area contributed by atoms with E-state index in [4.69, 9.17) is 9.84 Å². The molecule has 0 aliphatic rings. The van der Waals surface area contributed by atoms with Crippen LogP contribution >= 0.6 is 0 Å². The van der Waals surface area contributed by atoms with Crippen LogP contribution < -0.4 is 4.74 Å². The monoisotopic (exact) mass is 278 g/mol. The Kier molecular flexibility index (Phi) is 3.74. The Bertz CT molecular complexity index is 650. The number of carboxylic acids is 1. The fourth-order valence-corrected chi connectivity index (χ4v) is 2.18. The van der Waals surface area contributed by atoms with Crippen molar-refractivity contribution in [1.82, 2.24) is 9.78 Å². The van der Waals surface area contributed by atoms with E-state index in [9.17, 15) is 9.18 Å². The predicted molar refractivity (Wildman–Crippen MR) is 71.7 cm³/mol. The number of carbonyl (C=O) groups is 1. The summed E-state index contributed by atoms with van der Waals surface area (Å²) < 4.78 is 20.5. The van der Waals surface area contributed by atoms with Crippen LogP contribution in [-0.2, 0) is 7.05 Å². The van der Waals surface area contributed by atoms with Crippen LogP contribution in [0.25, 0.3) is 11.3 Å². The Balaban J connectivity index is 2.66. The summed E-state index contributed by atoms with van der Waals surface area (Å²) in [5, 5.41) is 12.9. The second-order valence-corrected chi connectivity index (χ2v) is 4.38. The van der Waals surface area contributed by atoms with E-state index in [0.717, 1.165) is 0 Å². The minimum absolute atomic E-state index is 0.0808. The van der Waals surface area contributed by atoms with Gasteiger partial charge in [-0.15, -0.1) is 0 Å². The van der Waals surface area contributed by atoms with Gasteiger partial charge in [-0.1, -0.05) is 12.1 Å². The zero-order valence-corrected chi connectivity index (χ0v) is 11.4. The molecule has 106 valence electrons. The average Bonchev–Trinajstić information content (AvgIpc) is 2.79. The molecule has 1 unspecified atom stereocenters. The highest BCUT2D eigenvalue weighted by atomic mass is 19.1. The van der Waals surface area contributed by atoms with Crippen LogP contribution in [-0.4, -0.2) is 28.0 Å². The molecule has 5 nitrogen and oxygen atoms in total. The van der Waals surface area contributed by atoms with Gasteiger partial charge in [0.25, 0.3) is 0 Å². The second kappa shape index (κ2) is 5.32. The first-order valence-corrected chi connectivity index (χ1v) is 6.04. The number of aromatic nitrogens is 2. The maximum absolute atomic E-state index is 13.9. The van der Waals surface area contributed by atoms with E-state index < -0.39 is 12.1 Å². The molecule has 0 radical (unpaired) electrons. The van der Waals surface area contributed by atoms with E-state index in [1.807, 2.05) is 0 Å². The highest BCUT2D eigenvalue weighted by molar-refractivity contribution is 5.87. The van der Waals surface area contributed by atoms with E-state index in [1.165, 1.54) is 24.8 Å². The number of rotatable bonds is 4. The zero-order valence-electron chi connectivity index (χ0n) is 11.4. The van der Waals surface area contributed by atoms with E-state index >= 15 is 0 Å². The molecular formula is C14H15FN2O3. The van der Waals surface area contributed by atoms with Crippen molar-refractivity contribution in [3.8, 4) is 17.0 Å². The molecule has 0 aliphatic carbocycles. The molecule has 0 aliphatic heterocycles. The van der Waals surface area contributed by atoms with E-state index in [1.54, 1.807) is 25.2 Å². The summed E-state index contributed by atoms with van der Waals surface area (Å²) in [6, 6.07) is 6.54. The van der Waals surface area contributed by atoms with Crippen LogP contribution in [0, 0.1) is 0 Å². The molecular weight excluding hydrogens is 263 g/mol. The first-order chi connectivity index (χ1) is 9.45. The van der Waals surface area contributed by atoms with Crippen LogP contribution in [0.1, 0.15) is 29.1 Å². The third-order valence-corrected chi connectivity index (χ3v) is 3.06. The van der Waals surface area contributed by atoms with Gasteiger partial charge in [0, 0.05) is 18.2 Å². The van der Waals surface area contributed by atoms with Gasteiger partial charge < -0.3 is 9.84 Å². The normalized spacial score (nSPS) is 12.2. The third-order valence-electron chi connectivity index (χ3n) is 3.06. The van der Waals surface area contributed by atoms with Crippen molar-refractivity contribution >= 4 is 5.97 Å². The summed E-state index contributed by atoms with van der Waals surface area (Å²) in [4.78, 5) is 11.0. The van der Waals surface area contributed by atoms with Gasteiger partial charge in [0.1, 0.15) is 11.9 Å². The maximum Gasteiger partial charge on any atom is 0.356 e. The minimum atomic E-state index is -1.25. The molecule has 0 saturated carbocycles. The summed E-state index contributed by atoms with van der Waals surface area (Å²) in [5.41, 5.74) is 1.40. The Morgan fingerprint density at radius 3 is 2.70 bits per heavy atom. The minimum Gasteiger partial charge on any atom is -0.496 e. The van der Waals surface area contributed by atoms with Gasteiger partial charge in [-0.3, -0.25) is 4.68 Å². The quantitative estimate of drug-likeness (QED) is 0.934. The van der Waals surface area contributed by atoms with Crippen molar-refractivity contribution in [2.45, 2.75) is 13.1 Å². The fourth-order valence-electron chi connectivity index (χ4n) is 2.18. The summed E-state index contributed by atoms with van der Waals surface area (Å²) in [6.45, 7) is 1.41. The topological polar surface area (TPSA) is 64.3 Å². The number of halogens is 1. The van der Waals surface area contributed by atoms with Gasteiger partial charge in [0.2, 0.25) is 0 Å². The number of nitrogens with zero attached hydrogens (tertiary/aromatic N) is 2. The molecule has 1 N–H and O–H groups in total. The van der Waals surface area contributed by atoms with Gasteiger partial charge >= 0.3 is 5.97 Å².